The minimum Gasteiger partial charge on any atom is -0.710 e. The summed E-state index contributed by atoms with van der Waals surface area (Å²) in [5.41, 5.74) is 0.740. The average molecular weight is 406 g/mol. The number of para-hydroxylation sites is 1. The molecule has 0 fully saturated rings. The molecular formula is C18H13Cl2N3O4. The van der Waals surface area contributed by atoms with Gasteiger partial charge >= 0.3 is 5.97 Å². The first-order chi connectivity index (χ1) is 12.8. The van der Waals surface area contributed by atoms with Crippen LogP contribution >= 0.6 is 23.2 Å². The van der Waals surface area contributed by atoms with Gasteiger partial charge < -0.3 is 15.6 Å². The number of nitrogens with zero attached hydrogens (tertiary/aromatic N) is 2. The Morgan fingerprint density at radius 1 is 1.15 bits per heavy atom. The molecule has 7 nitrogen and oxygen atoms in total. The van der Waals surface area contributed by atoms with Crippen molar-refractivity contribution in [1.82, 2.24) is 4.57 Å². The van der Waals surface area contributed by atoms with Crippen LogP contribution in [0.2, 0.25) is 10.0 Å². The maximum absolute atomic E-state index is 12.5. The van der Waals surface area contributed by atoms with Crippen molar-refractivity contribution in [3.8, 4) is 5.69 Å². The second kappa shape index (κ2) is 7.30. The largest absolute Gasteiger partial charge is 0.710 e. The first kappa shape index (κ1) is 18.8. The highest BCUT2D eigenvalue weighted by molar-refractivity contribution is 6.37. The number of benzene rings is 2. The van der Waals surface area contributed by atoms with Crippen LogP contribution in [-0.2, 0) is 0 Å². The van der Waals surface area contributed by atoms with Crippen molar-refractivity contribution in [2.75, 3.05) is 5.32 Å². The van der Waals surface area contributed by atoms with E-state index in [9.17, 15) is 19.9 Å². The van der Waals surface area contributed by atoms with E-state index < -0.39 is 11.9 Å². The van der Waals surface area contributed by atoms with Crippen molar-refractivity contribution >= 4 is 40.8 Å². The molecule has 1 heterocycles. The van der Waals surface area contributed by atoms with Crippen LogP contribution in [0.3, 0.4) is 0 Å². The summed E-state index contributed by atoms with van der Waals surface area (Å²) in [5, 5.41) is 24.3. The molecule has 0 atom stereocenters. The van der Waals surface area contributed by atoms with E-state index in [1.165, 1.54) is 16.7 Å². The summed E-state index contributed by atoms with van der Waals surface area (Å²) in [5.74, 6) is -1.84. The highest BCUT2D eigenvalue weighted by Crippen LogP contribution is 2.29. The summed E-state index contributed by atoms with van der Waals surface area (Å²) < 4.78 is 1.75. The van der Waals surface area contributed by atoms with Crippen molar-refractivity contribution in [1.29, 1.82) is 0 Å². The predicted molar refractivity (Wildman–Crippen MR) is 101 cm³/mol. The molecule has 0 aliphatic rings. The Labute approximate surface area is 164 Å². The van der Waals surface area contributed by atoms with Gasteiger partial charge in [-0.15, -0.1) is 0 Å². The molecule has 2 aromatic carbocycles. The summed E-state index contributed by atoms with van der Waals surface area (Å²) in [4.78, 5) is 23.8. The van der Waals surface area contributed by atoms with Crippen LogP contribution in [0.5, 0.6) is 0 Å². The number of hydrogen-bond donors (Lipinski definition) is 2. The molecule has 27 heavy (non-hydrogen) atoms. The van der Waals surface area contributed by atoms with Crippen LogP contribution in [0.15, 0.2) is 48.8 Å². The van der Waals surface area contributed by atoms with E-state index in [4.69, 9.17) is 23.2 Å². The van der Waals surface area contributed by atoms with Crippen LogP contribution < -0.4 is 10.0 Å². The first-order valence-electron chi connectivity index (χ1n) is 7.69. The summed E-state index contributed by atoms with van der Waals surface area (Å²) >= 11 is 12.1. The maximum Gasteiger partial charge on any atom is 0.337 e. The fourth-order valence-corrected chi connectivity index (χ4v) is 3.18. The molecule has 0 aliphatic heterocycles. The zero-order valence-electron chi connectivity index (χ0n) is 13.9. The topological polar surface area (TPSA) is 98.3 Å². The Morgan fingerprint density at radius 2 is 1.81 bits per heavy atom. The number of halogens is 2. The number of carboxylic acid groups (broad SMARTS) is 1. The predicted octanol–water partition coefficient (Wildman–Crippen LogP) is 3.68. The Bertz CT molecular complexity index is 1050. The quantitative estimate of drug-likeness (QED) is 0.510. The van der Waals surface area contributed by atoms with Crippen LogP contribution in [0, 0.1) is 12.1 Å². The number of carbonyl (C=O) groups excluding carboxylic acids is 1. The zero-order chi connectivity index (χ0) is 19.7. The minimum atomic E-state index is -1.24. The third kappa shape index (κ3) is 3.60. The Morgan fingerprint density at radius 3 is 2.44 bits per heavy atom. The van der Waals surface area contributed by atoms with E-state index in [1.807, 2.05) is 0 Å². The van der Waals surface area contributed by atoms with E-state index in [-0.39, 0.29) is 27.0 Å². The first-order valence-corrected chi connectivity index (χ1v) is 8.45. The number of aromatic carboxylic acids is 1. The summed E-state index contributed by atoms with van der Waals surface area (Å²) in [6.07, 6.45) is 1.11. The number of imidazole rings is 1. The lowest BCUT2D eigenvalue weighted by atomic mass is 10.2. The molecule has 0 aliphatic carbocycles. The molecule has 1 amide bonds. The number of amides is 1. The van der Waals surface area contributed by atoms with Gasteiger partial charge in [-0.1, -0.05) is 41.4 Å². The second-order valence-electron chi connectivity index (χ2n) is 5.65. The molecule has 1 aromatic heterocycles. The van der Waals surface area contributed by atoms with Crippen LogP contribution in [-0.4, -0.2) is 21.6 Å². The van der Waals surface area contributed by atoms with E-state index >= 15 is 0 Å². The van der Waals surface area contributed by atoms with Gasteiger partial charge in [-0.3, -0.25) is 4.79 Å². The van der Waals surface area contributed by atoms with Crippen LogP contribution in [0.25, 0.3) is 5.69 Å². The van der Waals surface area contributed by atoms with Gasteiger partial charge in [0.05, 0.1) is 15.6 Å². The number of nitrogens with one attached hydrogen (secondary N) is 1. The standard InChI is InChI=1S/C18H13Cl2N3O4/c1-10-16(17(24)21-11-5-3-2-4-6-11)23(27)9-22(10)15-7-12(18(25)26)13(19)8-14(15)20/h2-9H,1H3,(H,21,24)(H,25,26). The lowest BCUT2D eigenvalue weighted by Gasteiger charge is -2.06. The maximum atomic E-state index is 12.5. The van der Waals surface area contributed by atoms with Gasteiger partial charge in [-0.25, -0.2) is 9.52 Å². The van der Waals surface area contributed by atoms with Gasteiger partial charge in [0.25, 0.3) is 12.2 Å². The SMILES string of the molecule is Cc1c(C(=O)Nc2ccccc2)[n+]([O-])cn1-c1cc(C(=O)O)c(Cl)cc1Cl. The van der Waals surface area contributed by atoms with Crippen molar-refractivity contribution in [3.63, 3.8) is 0 Å². The third-order valence-corrected chi connectivity index (χ3v) is 4.53. The summed E-state index contributed by atoms with van der Waals surface area (Å²) in [7, 11) is 0. The molecule has 0 unspecified atom stereocenters. The minimum absolute atomic E-state index is 0.0295. The fourth-order valence-electron chi connectivity index (χ4n) is 2.63. The summed E-state index contributed by atoms with van der Waals surface area (Å²) in [6, 6.07) is 11.2. The normalized spacial score (nSPS) is 10.6. The molecule has 0 saturated carbocycles. The van der Waals surface area contributed by atoms with Gasteiger partial charge in [-0.2, -0.15) is 4.57 Å². The lowest BCUT2D eigenvalue weighted by Crippen LogP contribution is -2.34. The monoisotopic (exact) mass is 405 g/mol. The molecule has 3 aromatic rings. The number of aromatic nitrogens is 2. The van der Waals surface area contributed by atoms with Gasteiger partial charge in [0.15, 0.2) is 11.4 Å². The zero-order valence-corrected chi connectivity index (χ0v) is 15.5. The van der Waals surface area contributed by atoms with Gasteiger partial charge in [-0.05, 0) is 18.2 Å². The van der Waals surface area contributed by atoms with E-state index in [0.29, 0.717) is 16.1 Å². The smallest absolute Gasteiger partial charge is 0.337 e. The van der Waals surface area contributed by atoms with Crippen molar-refractivity contribution < 1.29 is 19.4 Å². The van der Waals surface area contributed by atoms with Crippen molar-refractivity contribution in [3.05, 3.63) is 81.0 Å². The van der Waals surface area contributed by atoms with E-state index in [1.54, 1.807) is 37.3 Å². The number of anilines is 1. The van der Waals surface area contributed by atoms with Crippen molar-refractivity contribution in [2.45, 2.75) is 6.92 Å². The molecule has 3 rings (SSSR count). The number of hydrogen-bond acceptors (Lipinski definition) is 3. The van der Waals surface area contributed by atoms with Gasteiger partial charge in [0.1, 0.15) is 0 Å². The van der Waals surface area contributed by atoms with E-state index in [0.717, 1.165) is 6.33 Å². The lowest BCUT2D eigenvalue weighted by molar-refractivity contribution is -0.606. The van der Waals surface area contributed by atoms with Crippen LogP contribution in [0.1, 0.15) is 26.5 Å². The molecule has 0 bridgehead atoms. The number of carbonyl (C=O) groups is 2. The third-order valence-electron chi connectivity index (χ3n) is 3.92. The molecule has 0 saturated heterocycles. The van der Waals surface area contributed by atoms with Gasteiger partial charge in [0.2, 0.25) is 5.69 Å². The molecule has 2 N–H and O–H groups in total. The highest BCUT2D eigenvalue weighted by atomic mass is 35.5. The van der Waals surface area contributed by atoms with Crippen molar-refractivity contribution in [2.24, 2.45) is 0 Å². The molecule has 9 heteroatoms. The van der Waals surface area contributed by atoms with E-state index in [2.05, 4.69) is 5.32 Å². The fraction of sp³-hybridized carbons (Fsp3) is 0.0556. The number of rotatable bonds is 4. The molecule has 0 spiro atoms. The number of carboxylic acids is 1. The van der Waals surface area contributed by atoms with Gasteiger partial charge in [0, 0.05) is 18.7 Å². The Kier molecular flexibility index (Phi) is 5.07. The molecular weight excluding hydrogens is 393 g/mol. The average Bonchev–Trinajstić information content (AvgIpc) is 2.90. The second-order valence-corrected chi connectivity index (χ2v) is 6.47. The van der Waals surface area contributed by atoms with Crippen LogP contribution in [0.4, 0.5) is 5.69 Å². The molecule has 138 valence electrons. The molecule has 0 radical (unpaired) electrons. The highest BCUT2D eigenvalue weighted by Gasteiger charge is 2.27. The Balaban J connectivity index is 2.05. The Hall–Kier alpha value is -3.03. The summed E-state index contributed by atoms with van der Waals surface area (Å²) in [6.45, 7) is 1.56.